The highest BCUT2D eigenvalue weighted by Gasteiger charge is 2.41. The molecule has 0 radical (unpaired) electrons. The molecule has 0 fully saturated rings. The SMILES string of the molecule is COCCNC(=O)/C(C#N)=C/c1ccc(OC(=O)C(C)N2C(=O)c3ccccc3C2=O)cc1. The van der Waals surface area contributed by atoms with Crippen LogP contribution in [0.5, 0.6) is 5.75 Å². The monoisotopic (exact) mass is 447 g/mol. The highest BCUT2D eigenvalue weighted by molar-refractivity contribution is 6.22. The Morgan fingerprint density at radius 2 is 1.70 bits per heavy atom. The topological polar surface area (TPSA) is 126 Å². The first kappa shape index (κ1) is 23.4. The van der Waals surface area contributed by atoms with Gasteiger partial charge in [0, 0.05) is 13.7 Å². The van der Waals surface area contributed by atoms with Crippen molar-refractivity contribution in [2.45, 2.75) is 13.0 Å². The maximum absolute atomic E-state index is 12.6. The van der Waals surface area contributed by atoms with E-state index in [1.54, 1.807) is 24.3 Å². The van der Waals surface area contributed by atoms with Crippen molar-refractivity contribution >= 4 is 29.8 Å². The average Bonchev–Trinajstić information content (AvgIpc) is 3.08. The Morgan fingerprint density at radius 1 is 1.09 bits per heavy atom. The Morgan fingerprint density at radius 3 is 2.24 bits per heavy atom. The minimum Gasteiger partial charge on any atom is -0.425 e. The van der Waals surface area contributed by atoms with Crippen LogP contribution in [-0.2, 0) is 14.3 Å². The molecule has 3 amide bonds. The highest BCUT2D eigenvalue weighted by atomic mass is 16.5. The van der Waals surface area contributed by atoms with Gasteiger partial charge in [-0.3, -0.25) is 19.3 Å². The zero-order valence-electron chi connectivity index (χ0n) is 18.0. The predicted octanol–water partition coefficient (Wildman–Crippen LogP) is 1.95. The molecule has 3 rings (SSSR count). The normalized spacial score (nSPS) is 13.8. The number of nitrogens with zero attached hydrogens (tertiary/aromatic N) is 2. The number of carbonyl (C=O) groups is 4. The van der Waals surface area contributed by atoms with E-state index in [2.05, 4.69) is 5.32 Å². The van der Waals surface area contributed by atoms with Crippen molar-refractivity contribution in [1.82, 2.24) is 10.2 Å². The van der Waals surface area contributed by atoms with Crippen molar-refractivity contribution < 1.29 is 28.7 Å². The standard InChI is InChI=1S/C24H21N3O6/c1-15(27-22(29)19-5-3-4-6-20(19)23(27)30)24(31)33-18-9-7-16(8-10-18)13-17(14-25)21(28)26-11-12-32-2/h3-10,13,15H,11-12H2,1-2H3,(H,26,28)/b17-13+. The number of nitrogens with one attached hydrogen (secondary N) is 1. The molecule has 0 aliphatic carbocycles. The number of ether oxygens (including phenoxy) is 2. The first-order chi connectivity index (χ1) is 15.9. The molecule has 1 aliphatic heterocycles. The number of carbonyl (C=O) groups excluding carboxylic acids is 4. The Bertz CT molecular complexity index is 1130. The quantitative estimate of drug-likeness (QED) is 0.164. The molecule has 1 unspecified atom stereocenters. The molecule has 2 aromatic carbocycles. The van der Waals surface area contributed by atoms with Gasteiger partial charge in [0.05, 0.1) is 17.7 Å². The highest BCUT2D eigenvalue weighted by Crippen LogP contribution is 2.25. The summed E-state index contributed by atoms with van der Waals surface area (Å²) in [6, 6.07) is 13.2. The summed E-state index contributed by atoms with van der Waals surface area (Å²) in [6.07, 6.45) is 1.40. The molecule has 1 N–H and O–H groups in total. The van der Waals surface area contributed by atoms with Gasteiger partial charge in [0.2, 0.25) is 0 Å². The summed E-state index contributed by atoms with van der Waals surface area (Å²) < 4.78 is 10.2. The maximum Gasteiger partial charge on any atom is 0.334 e. The van der Waals surface area contributed by atoms with Crippen LogP contribution in [0, 0.1) is 11.3 Å². The van der Waals surface area contributed by atoms with Gasteiger partial charge in [-0.1, -0.05) is 24.3 Å². The van der Waals surface area contributed by atoms with Crippen molar-refractivity contribution in [3.05, 3.63) is 70.8 Å². The van der Waals surface area contributed by atoms with Gasteiger partial charge in [0.1, 0.15) is 23.4 Å². The molecule has 0 saturated heterocycles. The summed E-state index contributed by atoms with van der Waals surface area (Å²) in [6.45, 7) is 2.01. The predicted molar refractivity (Wildman–Crippen MR) is 117 cm³/mol. The fraction of sp³-hybridized carbons (Fsp3) is 0.208. The number of fused-ring (bicyclic) bond motifs is 1. The van der Waals surface area contributed by atoms with E-state index < -0.39 is 29.7 Å². The van der Waals surface area contributed by atoms with Crippen LogP contribution in [0.1, 0.15) is 33.2 Å². The third-order valence-corrected chi connectivity index (χ3v) is 4.92. The van der Waals surface area contributed by atoms with Crippen LogP contribution in [0.25, 0.3) is 6.08 Å². The van der Waals surface area contributed by atoms with Gasteiger partial charge >= 0.3 is 5.97 Å². The molecule has 1 aliphatic rings. The number of nitriles is 1. The second-order valence-corrected chi connectivity index (χ2v) is 7.11. The van der Waals surface area contributed by atoms with Gasteiger partial charge < -0.3 is 14.8 Å². The molecule has 0 aromatic heterocycles. The number of methoxy groups -OCH3 is 1. The minimum atomic E-state index is -1.13. The number of hydrogen-bond acceptors (Lipinski definition) is 7. The number of rotatable bonds is 8. The summed E-state index contributed by atoms with van der Waals surface area (Å²) in [5, 5.41) is 11.8. The van der Waals surface area contributed by atoms with Crippen LogP contribution in [0.4, 0.5) is 0 Å². The molecule has 9 heteroatoms. The van der Waals surface area contributed by atoms with E-state index >= 15 is 0 Å². The lowest BCUT2D eigenvalue weighted by molar-refractivity contribution is -0.138. The third kappa shape index (κ3) is 5.14. The number of imide groups is 1. The van der Waals surface area contributed by atoms with Gasteiger partial charge in [-0.25, -0.2) is 4.79 Å². The lowest BCUT2D eigenvalue weighted by atomic mass is 10.1. The van der Waals surface area contributed by atoms with Crippen molar-refractivity contribution in [1.29, 1.82) is 5.26 Å². The van der Waals surface area contributed by atoms with Crippen molar-refractivity contribution in [2.75, 3.05) is 20.3 Å². The number of benzene rings is 2. The van der Waals surface area contributed by atoms with Gasteiger partial charge in [0.15, 0.2) is 0 Å². The maximum atomic E-state index is 12.6. The summed E-state index contributed by atoms with van der Waals surface area (Å²) in [7, 11) is 1.50. The molecular weight excluding hydrogens is 426 g/mol. The van der Waals surface area contributed by atoms with Gasteiger partial charge in [-0.2, -0.15) is 5.26 Å². The fourth-order valence-electron chi connectivity index (χ4n) is 3.18. The van der Waals surface area contributed by atoms with Crippen molar-refractivity contribution in [3.8, 4) is 11.8 Å². The second-order valence-electron chi connectivity index (χ2n) is 7.11. The van der Waals surface area contributed by atoms with E-state index in [0.717, 1.165) is 4.90 Å². The second kappa shape index (κ2) is 10.3. The lowest BCUT2D eigenvalue weighted by Gasteiger charge is -2.20. The largest absolute Gasteiger partial charge is 0.425 e. The van der Waals surface area contributed by atoms with E-state index in [4.69, 9.17) is 9.47 Å². The van der Waals surface area contributed by atoms with Gasteiger partial charge in [-0.05, 0) is 42.8 Å². The van der Waals surface area contributed by atoms with Crippen molar-refractivity contribution in [3.63, 3.8) is 0 Å². The lowest BCUT2D eigenvalue weighted by Crippen LogP contribution is -2.44. The molecular formula is C24H21N3O6. The summed E-state index contributed by atoms with van der Waals surface area (Å²) >= 11 is 0. The minimum absolute atomic E-state index is 0.0879. The summed E-state index contributed by atoms with van der Waals surface area (Å²) in [5.41, 5.74) is 0.951. The van der Waals surface area contributed by atoms with Gasteiger partial charge in [-0.15, -0.1) is 0 Å². The van der Waals surface area contributed by atoms with E-state index in [-0.39, 0.29) is 29.0 Å². The van der Waals surface area contributed by atoms with Gasteiger partial charge in [0.25, 0.3) is 17.7 Å². The van der Waals surface area contributed by atoms with E-state index in [1.807, 2.05) is 6.07 Å². The van der Waals surface area contributed by atoms with E-state index in [1.165, 1.54) is 44.4 Å². The Hall–Kier alpha value is -4.29. The Balaban J connectivity index is 1.66. The van der Waals surface area contributed by atoms with Crippen molar-refractivity contribution in [2.24, 2.45) is 0 Å². The molecule has 1 heterocycles. The van der Waals surface area contributed by atoms with Crippen LogP contribution >= 0.6 is 0 Å². The summed E-state index contributed by atoms with van der Waals surface area (Å²) in [4.78, 5) is 50.6. The Labute approximate surface area is 190 Å². The van der Waals surface area contributed by atoms with Crippen LogP contribution in [-0.4, -0.2) is 54.9 Å². The average molecular weight is 447 g/mol. The molecule has 0 spiro atoms. The number of hydrogen-bond donors (Lipinski definition) is 1. The van der Waals surface area contributed by atoms with Crippen LogP contribution in [0.3, 0.4) is 0 Å². The Kier molecular flexibility index (Phi) is 7.33. The first-order valence-corrected chi connectivity index (χ1v) is 10.0. The summed E-state index contributed by atoms with van der Waals surface area (Å²) in [5.74, 6) is -2.21. The third-order valence-electron chi connectivity index (χ3n) is 4.92. The molecule has 0 saturated carbocycles. The van der Waals surface area contributed by atoms with E-state index in [9.17, 15) is 24.4 Å². The molecule has 2 aromatic rings. The van der Waals surface area contributed by atoms with Crippen LogP contribution < -0.4 is 10.1 Å². The smallest absolute Gasteiger partial charge is 0.334 e. The van der Waals surface area contributed by atoms with Crippen LogP contribution in [0.2, 0.25) is 0 Å². The zero-order valence-corrected chi connectivity index (χ0v) is 18.0. The fourth-order valence-corrected chi connectivity index (χ4v) is 3.18. The van der Waals surface area contributed by atoms with E-state index in [0.29, 0.717) is 12.2 Å². The molecule has 0 bridgehead atoms. The molecule has 1 atom stereocenters. The number of esters is 1. The first-order valence-electron chi connectivity index (χ1n) is 10.0. The van der Waals surface area contributed by atoms with Crippen LogP contribution in [0.15, 0.2) is 54.1 Å². The molecule has 33 heavy (non-hydrogen) atoms. The molecule has 168 valence electrons. The number of amides is 3. The zero-order chi connectivity index (χ0) is 24.0. The molecule has 9 nitrogen and oxygen atoms in total.